The highest BCUT2D eigenvalue weighted by Gasteiger charge is 2.21. The van der Waals surface area contributed by atoms with Crippen LogP contribution in [0.3, 0.4) is 0 Å². The molecule has 5 heteroatoms. The number of fused-ring (bicyclic) bond motifs is 3. The van der Waals surface area contributed by atoms with E-state index < -0.39 is 9.84 Å². The summed E-state index contributed by atoms with van der Waals surface area (Å²) in [6.45, 7) is 0.365. The highest BCUT2D eigenvalue weighted by Crippen LogP contribution is 2.38. The summed E-state index contributed by atoms with van der Waals surface area (Å²) in [7, 11) is -3.36. The van der Waals surface area contributed by atoms with Gasteiger partial charge in [-0.1, -0.05) is 30.3 Å². The Morgan fingerprint density at radius 1 is 0.957 bits per heavy atom. The number of hydrogen-bond acceptors (Lipinski definition) is 4. The van der Waals surface area contributed by atoms with Gasteiger partial charge in [0.2, 0.25) is 0 Å². The Morgan fingerprint density at radius 3 is 2.61 bits per heavy atom. The summed E-state index contributed by atoms with van der Waals surface area (Å²) in [5.41, 5.74) is 2.64. The molecule has 0 amide bonds. The van der Waals surface area contributed by atoms with Gasteiger partial charge in [-0.25, -0.2) is 8.42 Å². The standard InChI is InChI=1S/C18H14O4S/c19-23(20,14-4-2-1-3-5-14)12-13-6-7-15-16-8-9-21-18(16)11-22-17(15)10-13/h1-10H,11-12H2. The second-order valence-electron chi connectivity index (χ2n) is 5.45. The van der Waals surface area contributed by atoms with Gasteiger partial charge in [-0.15, -0.1) is 0 Å². The minimum Gasteiger partial charge on any atom is -0.485 e. The lowest BCUT2D eigenvalue weighted by Crippen LogP contribution is -2.07. The van der Waals surface area contributed by atoms with Gasteiger partial charge in [-0.05, 0) is 29.8 Å². The zero-order valence-corrected chi connectivity index (χ0v) is 13.0. The van der Waals surface area contributed by atoms with Crippen LogP contribution in [0, 0.1) is 0 Å². The van der Waals surface area contributed by atoms with Gasteiger partial charge in [0, 0.05) is 11.1 Å². The Balaban J connectivity index is 1.68. The highest BCUT2D eigenvalue weighted by molar-refractivity contribution is 7.90. The van der Waals surface area contributed by atoms with Crippen LogP contribution in [0.25, 0.3) is 11.1 Å². The lowest BCUT2D eigenvalue weighted by molar-refractivity contribution is 0.266. The largest absolute Gasteiger partial charge is 0.485 e. The number of benzene rings is 2. The molecule has 0 bridgehead atoms. The van der Waals surface area contributed by atoms with E-state index in [1.165, 1.54) is 0 Å². The Kier molecular flexibility index (Phi) is 3.23. The molecule has 1 aliphatic heterocycles. The number of ether oxygens (including phenoxy) is 1. The predicted molar refractivity (Wildman–Crippen MR) is 85.8 cm³/mol. The normalized spacial score (nSPS) is 13.0. The van der Waals surface area contributed by atoms with Crippen molar-refractivity contribution in [2.45, 2.75) is 17.3 Å². The van der Waals surface area contributed by atoms with E-state index in [2.05, 4.69) is 0 Å². The molecule has 2 aromatic carbocycles. The average Bonchev–Trinajstić information content (AvgIpc) is 3.04. The van der Waals surface area contributed by atoms with Gasteiger partial charge < -0.3 is 9.15 Å². The summed E-state index contributed by atoms with van der Waals surface area (Å²) < 4.78 is 36.0. The van der Waals surface area contributed by atoms with E-state index in [9.17, 15) is 8.42 Å². The van der Waals surface area contributed by atoms with E-state index >= 15 is 0 Å². The molecule has 0 saturated heterocycles. The van der Waals surface area contributed by atoms with E-state index in [1.807, 2.05) is 18.2 Å². The second-order valence-corrected chi connectivity index (χ2v) is 7.44. The molecule has 1 aliphatic rings. The van der Waals surface area contributed by atoms with Crippen LogP contribution in [0.5, 0.6) is 5.75 Å². The van der Waals surface area contributed by atoms with Crippen LogP contribution in [-0.2, 0) is 22.2 Å². The molecule has 0 fully saturated rings. The van der Waals surface area contributed by atoms with E-state index in [0.29, 0.717) is 22.8 Å². The summed E-state index contributed by atoms with van der Waals surface area (Å²) in [5, 5.41) is 0. The fourth-order valence-electron chi connectivity index (χ4n) is 2.76. The molecule has 2 heterocycles. The first-order valence-corrected chi connectivity index (χ1v) is 8.89. The molecule has 116 valence electrons. The Labute approximate surface area is 134 Å². The molecule has 0 atom stereocenters. The molecular formula is C18H14O4S. The van der Waals surface area contributed by atoms with Gasteiger partial charge in [0.05, 0.1) is 16.9 Å². The minimum absolute atomic E-state index is 0.0497. The number of hydrogen-bond donors (Lipinski definition) is 0. The molecule has 0 spiro atoms. The summed E-state index contributed by atoms with van der Waals surface area (Å²) in [5.74, 6) is 1.44. The maximum atomic E-state index is 12.5. The van der Waals surface area contributed by atoms with Crippen LogP contribution in [0.15, 0.2) is 70.2 Å². The monoisotopic (exact) mass is 326 g/mol. The van der Waals surface area contributed by atoms with Crippen LogP contribution in [0.2, 0.25) is 0 Å². The second kappa shape index (κ2) is 5.28. The summed E-state index contributed by atoms with van der Waals surface area (Å²) in [6, 6.07) is 15.9. The molecular weight excluding hydrogens is 312 g/mol. The van der Waals surface area contributed by atoms with Gasteiger partial charge in [0.15, 0.2) is 9.84 Å². The van der Waals surface area contributed by atoms with Crippen LogP contribution in [0.1, 0.15) is 11.3 Å². The molecule has 23 heavy (non-hydrogen) atoms. The van der Waals surface area contributed by atoms with E-state index in [-0.39, 0.29) is 5.75 Å². The van der Waals surface area contributed by atoms with Crippen LogP contribution in [-0.4, -0.2) is 8.42 Å². The maximum absolute atomic E-state index is 12.5. The van der Waals surface area contributed by atoms with E-state index in [1.54, 1.807) is 42.7 Å². The molecule has 0 N–H and O–H groups in total. The summed E-state index contributed by atoms with van der Waals surface area (Å²) in [6.07, 6.45) is 1.64. The van der Waals surface area contributed by atoms with Crippen molar-refractivity contribution in [2.75, 3.05) is 0 Å². The van der Waals surface area contributed by atoms with Crippen molar-refractivity contribution in [3.8, 4) is 16.9 Å². The number of rotatable bonds is 3. The molecule has 3 aromatic rings. The van der Waals surface area contributed by atoms with Gasteiger partial charge >= 0.3 is 0 Å². The summed E-state index contributed by atoms with van der Waals surface area (Å²) >= 11 is 0. The summed E-state index contributed by atoms with van der Waals surface area (Å²) in [4.78, 5) is 0.329. The molecule has 4 nitrogen and oxygen atoms in total. The lowest BCUT2D eigenvalue weighted by Gasteiger charge is -2.17. The van der Waals surface area contributed by atoms with Crippen molar-refractivity contribution in [2.24, 2.45) is 0 Å². The fourth-order valence-corrected chi connectivity index (χ4v) is 4.12. The quantitative estimate of drug-likeness (QED) is 0.734. The minimum atomic E-state index is -3.36. The SMILES string of the molecule is O=S(=O)(Cc1ccc2c(c1)OCc1occc1-2)c1ccccc1. The Morgan fingerprint density at radius 2 is 1.78 bits per heavy atom. The van der Waals surface area contributed by atoms with Crippen LogP contribution < -0.4 is 4.74 Å². The third-order valence-electron chi connectivity index (χ3n) is 3.90. The zero-order valence-electron chi connectivity index (χ0n) is 12.2. The van der Waals surface area contributed by atoms with Crippen molar-refractivity contribution in [3.63, 3.8) is 0 Å². The smallest absolute Gasteiger partial charge is 0.182 e. The molecule has 0 aliphatic carbocycles. The zero-order chi connectivity index (χ0) is 15.9. The third-order valence-corrected chi connectivity index (χ3v) is 5.60. The van der Waals surface area contributed by atoms with Gasteiger partial charge in [-0.2, -0.15) is 0 Å². The molecule has 1 aromatic heterocycles. The predicted octanol–water partition coefficient (Wildman–Crippen LogP) is 3.81. The van der Waals surface area contributed by atoms with Crippen molar-refractivity contribution >= 4 is 9.84 Å². The first kappa shape index (κ1) is 14.1. The topological polar surface area (TPSA) is 56.5 Å². The lowest BCUT2D eigenvalue weighted by atomic mass is 10.0. The van der Waals surface area contributed by atoms with E-state index in [0.717, 1.165) is 16.9 Å². The van der Waals surface area contributed by atoms with Crippen molar-refractivity contribution in [3.05, 3.63) is 72.2 Å². The van der Waals surface area contributed by atoms with Gasteiger partial charge in [0.25, 0.3) is 0 Å². The molecule has 4 rings (SSSR count). The average molecular weight is 326 g/mol. The molecule has 0 saturated carbocycles. The van der Waals surface area contributed by atoms with Crippen molar-refractivity contribution in [1.82, 2.24) is 0 Å². The van der Waals surface area contributed by atoms with Crippen LogP contribution >= 0.6 is 0 Å². The van der Waals surface area contributed by atoms with Crippen molar-refractivity contribution in [1.29, 1.82) is 0 Å². The van der Waals surface area contributed by atoms with Crippen LogP contribution in [0.4, 0.5) is 0 Å². The van der Waals surface area contributed by atoms with Gasteiger partial charge in [-0.3, -0.25) is 0 Å². The Bertz CT molecular complexity index is 956. The maximum Gasteiger partial charge on any atom is 0.182 e. The van der Waals surface area contributed by atoms with Gasteiger partial charge in [0.1, 0.15) is 18.1 Å². The molecule has 0 unspecified atom stereocenters. The number of furan rings is 1. The first-order valence-electron chi connectivity index (χ1n) is 7.24. The van der Waals surface area contributed by atoms with E-state index in [4.69, 9.17) is 9.15 Å². The van der Waals surface area contributed by atoms with Crippen molar-refractivity contribution < 1.29 is 17.6 Å². The first-order chi connectivity index (χ1) is 11.1. The highest BCUT2D eigenvalue weighted by atomic mass is 32.2. The third kappa shape index (κ3) is 2.53. The number of sulfone groups is 1. The Hall–Kier alpha value is -2.53. The fraction of sp³-hybridized carbons (Fsp3) is 0.111. The molecule has 0 radical (unpaired) electrons.